The molecular formula is C28H39N3O5S. The fourth-order valence-electron chi connectivity index (χ4n) is 6.66. The van der Waals surface area contributed by atoms with Gasteiger partial charge in [-0.15, -0.1) is 18.3 Å². The van der Waals surface area contributed by atoms with Crippen molar-refractivity contribution in [2.75, 3.05) is 36.0 Å². The highest BCUT2D eigenvalue weighted by Gasteiger charge is 2.74. The van der Waals surface area contributed by atoms with Gasteiger partial charge in [0, 0.05) is 36.3 Å². The molecule has 202 valence electrons. The zero-order valence-electron chi connectivity index (χ0n) is 22.2. The maximum absolute atomic E-state index is 14.5. The SMILES string of the molecule is C=CCN(C(=O)C1N([C@@H](CO)C(C)C)C(=O)[C@@H]2[C@@H](C(=O)O)[C@H]3CCC12S3)c1ccc(N(CC)CC)cc1. The minimum Gasteiger partial charge on any atom is -0.481 e. The summed E-state index contributed by atoms with van der Waals surface area (Å²) in [5.41, 5.74) is 1.76. The molecule has 0 saturated carbocycles. The quantitative estimate of drug-likeness (QED) is 0.425. The van der Waals surface area contributed by atoms with Crippen molar-refractivity contribution < 1.29 is 24.6 Å². The number of nitrogens with zero attached hydrogens (tertiary/aromatic N) is 3. The van der Waals surface area contributed by atoms with E-state index in [1.54, 1.807) is 15.9 Å². The Labute approximate surface area is 223 Å². The Morgan fingerprint density at radius 1 is 1.22 bits per heavy atom. The second kappa shape index (κ2) is 10.7. The molecule has 3 heterocycles. The summed E-state index contributed by atoms with van der Waals surface area (Å²) in [6.45, 7) is 13.6. The molecule has 0 radical (unpaired) electrons. The zero-order valence-corrected chi connectivity index (χ0v) is 23.0. The van der Waals surface area contributed by atoms with E-state index in [-0.39, 0.29) is 36.1 Å². The molecule has 6 atom stereocenters. The molecule has 2 N–H and O–H groups in total. The molecule has 37 heavy (non-hydrogen) atoms. The number of benzene rings is 1. The van der Waals surface area contributed by atoms with Crippen molar-refractivity contribution >= 4 is 40.9 Å². The van der Waals surface area contributed by atoms with Crippen LogP contribution in [0.4, 0.5) is 11.4 Å². The van der Waals surface area contributed by atoms with Crippen molar-refractivity contribution in [2.24, 2.45) is 17.8 Å². The molecule has 9 heteroatoms. The second-order valence-electron chi connectivity index (χ2n) is 10.6. The normalized spacial score (nSPS) is 28.9. The van der Waals surface area contributed by atoms with E-state index in [1.807, 2.05) is 38.1 Å². The van der Waals surface area contributed by atoms with Crippen LogP contribution < -0.4 is 9.80 Å². The molecule has 3 aliphatic heterocycles. The van der Waals surface area contributed by atoms with E-state index in [0.29, 0.717) is 18.5 Å². The third kappa shape index (κ3) is 4.34. The molecule has 0 aliphatic carbocycles. The fraction of sp³-hybridized carbons (Fsp3) is 0.607. The molecule has 2 unspecified atom stereocenters. The van der Waals surface area contributed by atoms with Gasteiger partial charge in [-0.1, -0.05) is 19.9 Å². The number of aliphatic carboxylic acids is 1. The van der Waals surface area contributed by atoms with E-state index in [9.17, 15) is 24.6 Å². The Hall–Kier alpha value is -2.52. The molecule has 2 bridgehead atoms. The minimum absolute atomic E-state index is 0.105. The van der Waals surface area contributed by atoms with Crippen LogP contribution in [-0.2, 0) is 14.4 Å². The third-order valence-corrected chi connectivity index (χ3v) is 10.4. The Balaban J connectivity index is 1.78. The van der Waals surface area contributed by atoms with Crippen molar-refractivity contribution in [1.29, 1.82) is 0 Å². The zero-order chi connectivity index (χ0) is 27.1. The number of hydrogen-bond donors (Lipinski definition) is 2. The van der Waals surface area contributed by atoms with E-state index >= 15 is 0 Å². The van der Waals surface area contributed by atoms with Gasteiger partial charge in [-0.25, -0.2) is 0 Å². The van der Waals surface area contributed by atoms with Crippen molar-refractivity contribution in [3.8, 4) is 0 Å². The number of carbonyl (C=O) groups excluding carboxylic acids is 2. The van der Waals surface area contributed by atoms with Gasteiger partial charge in [-0.2, -0.15) is 0 Å². The molecule has 3 fully saturated rings. The maximum atomic E-state index is 14.5. The Kier molecular flexibility index (Phi) is 7.95. The molecule has 1 aromatic carbocycles. The van der Waals surface area contributed by atoms with Gasteiger partial charge in [0.1, 0.15) is 6.04 Å². The summed E-state index contributed by atoms with van der Waals surface area (Å²) in [4.78, 5) is 46.1. The van der Waals surface area contributed by atoms with Crippen LogP contribution in [0.15, 0.2) is 36.9 Å². The van der Waals surface area contributed by atoms with Gasteiger partial charge < -0.3 is 24.9 Å². The number of aliphatic hydroxyl groups excluding tert-OH is 1. The predicted octanol–water partition coefficient (Wildman–Crippen LogP) is 3.24. The molecule has 0 aromatic heterocycles. The highest BCUT2D eigenvalue weighted by molar-refractivity contribution is 8.02. The lowest BCUT2D eigenvalue weighted by molar-refractivity contribution is -0.149. The van der Waals surface area contributed by atoms with Crippen molar-refractivity contribution in [3.63, 3.8) is 0 Å². The average Bonchev–Trinajstić information content (AvgIpc) is 3.51. The van der Waals surface area contributed by atoms with E-state index in [0.717, 1.165) is 18.8 Å². The number of carboxylic acids is 1. The van der Waals surface area contributed by atoms with Gasteiger partial charge in [0.2, 0.25) is 5.91 Å². The third-order valence-electron chi connectivity index (χ3n) is 8.44. The fourth-order valence-corrected chi connectivity index (χ4v) is 8.85. The van der Waals surface area contributed by atoms with Gasteiger partial charge in [0.05, 0.1) is 29.2 Å². The minimum atomic E-state index is -0.981. The Morgan fingerprint density at radius 3 is 2.35 bits per heavy atom. The van der Waals surface area contributed by atoms with Crippen molar-refractivity contribution in [2.45, 2.75) is 62.6 Å². The lowest BCUT2D eigenvalue weighted by atomic mass is 9.71. The largest absolute Gasteiger partial charge is 0.481 e. The van der Waals surface area contributed by atoms with E-state index in [4.69, 9.17) is 0 Å². The summed E-state index contributed by atoms with van der Waals surface area (Å²) in [5, 5.41) is 20.2. The van der Waals surface area contributed by atoms with Gasteiger partial charge in [0.25, 0.3) is 5.91 Å². The summed E-state index contributed by atoms with van der Waals surface area (Å²) in [6, 6.07) is 6.38. The lowest BCUT2D eigenvalue weighted by Gasteiger charge is -2.40. The summed E-state index contributed by atoms with van der Waals surface area (Å²) >= 11 is 1.51. The number of anilines is 2. The van der Waals surface area contributed by atoms with Crippen LogP contribution in [-0.4, -0.2) is 81.2 Å². The second-order valence-corrected chi connectivity index (χ2v) is 12.2. The number of thioether (sulfide) groups is 1. The van der Waals surface area contributed by atoms with E-state index in [1.165, 1.54) is 11.8 Å². The smallest absolute Gasteiger partial charge is 0.308 e. The first kappa shape index (κ1) is 27.5. The first-order valence-electron chi connectivity index (χ1n) is 13.3. The molecule has 1 aromatic rings. The summed E-state index contributed by atoms with van der Waals surface area (Å²) < 4.78 is -0.815. The van der Waals surface area contributed by atoms with Crippen LogP contribution in [0.25, 0.3) is 0 Å². The van der Waals surface area contributed by atoms with Crippen LogP contribution in [0.2, 0.25) is 0 Å². The molecule has 2 amide bonds. The molecule has 4 rings (SSSR count). The number of likely N-dealkylation sites (tertiary alicyclic amines) is 1. The molecule has 3 aliphatic rings. The number of carboxylic acid groups (broad SMARTS) is 1. The van der Waals surface area contributed by atoms with Gasteiger partial charge >= 0.3 is 5.97 Å². The average molecular weight is 530 g/mol. The van der Waals surface area contributed by atoms with Crippen LogP contribution in [0.1, 0.15) is 40.5 Å². The van der Waals surface area contributed by atoms with Gasteiger partial charge in [-0.05, 0) is 56.9 Å². The summed E-state index contributed by atoms with van der Waals surface area (Å²) in [5.74, 6) is -3.24. The van der Waals surface area contributed by atoms with Gasteiger partial charge in [0.15, 0.2) is 0 Å². The highest BCUT2D eigenvalue weighted by atomic mass is 32.2. The Bertz CT molecular complexity index is 1040. The van der Waals surface area contributed by atoms with Gasteiger partial charge in [-0.3, -0.25) is 14.4 Å². The maximum Gasteiger partial charge on any atom is 0.308 e. The number of amides is 2. The molecular weight excluding hydrogens is 490 g/mol. The van der Waals surface area contributed by atoms with Crippen LogP contribution in [0.5, 0.6) is 0 Å². The van der Waals surface area contributed by atoms with Crippen LogP contribution >= 0.6 is 11.8 Å². The summed E-state index contributed by atoms with van der Waals surface area (Å²) in [6.07, 6.45) is 2.93. The Morgan fingerprint density at radius 2 is 1.84 bits per heavy atom. The number of aliphatic hydroxyl groups is 1. The first-order valence-corrected chi connectivity index (χ1v) is 14.2. The monoisotopic (exact) mass is 529 g/mol. The van der Waals surface area contributed by atoms with Crippen LogP contribution in [0.3, 0.4) is 0 Å². The molecule has 3 saturated heterocycles. The topological polar surface area (TPSA) is 101 Å². The van der Waals surface area contributed by atoms with E-state index in [2.05, 4.69) is 25.3 Å². The highest BCUT2D eigenvalue weighted by Crippen LogP contribution is 2.67. The first-order chi connectivity index (χ1) is 17.7. The summed E-state index contributed by atoms with van der Waals surface area (Å²) in [7, 11) is 0. The molecule has 1 spiro atoms. The van der Waals surface area contributed by atoms with Crippen LogP contribution in [0, 0.1) is 17.8 Å². The van der Waals surface area contributed by atoms with E-state index < -0.39 is 34.6 Å². The number of hydrogen-bond acceptors (Lipinski definition) is 6. The number of carbonyl (C=O) groups is 3. The molecule has 8 nitrogen and oxygen atoms in total. The lowest BCUT2D eigenvalue weighted by Crippen LogP contribution is -2.58. The van der Waals surface area contributed by atoms with Crippen molar-refractivity contribution in [3.05, 3.63) is 36.9 Å². The number of rotatable bonds is 11. The standard InChI is InChI=1S/C28H39N3O5S/c1-6-15-30(19-11-9-18(10-12-19)29(7-2)8-3)26(34)24-28-14-13-21(37-28)22(27(35)36)23(28)25(33)31(24)20(16-32)17(4)5/h6,9-12,17,20-24,32H,1,7-8,13-16H2,2-5H3,(H,35,36)/t20-,21+,22-,23-,24?,28?/m0/s1. The van der Waals surface area contributed by atoms with Crippen molar-refractivity contribution in [1.82, 2.24) is 4.90 Å². The predicted molar refractivity (Wildman–Crippen MR) is 147 cm³/mol. The number of fused-ring (bicyclic) bond motifs is 1.